The maximum atomic E-state index is 13.0. The fourth-order valence-corrected chi connectivity index (χ4v) is 1.90. The van der Waals surface area contributed by atoms with E-state index in [9.17, 15) is 13.2 Å². The summed E-state index contributed by atoms with van der Waals surface area (Å²) in [5.41, 5.74) is 5.45. The van der Waals surface area contributed by atoms with Gasteiger partial charge in [0.15, 0.2) is 0 Å². The fourth-order valence-electron chi connectivity index (χ4n) is 1.90. The van der Waals surface area contributed by atoms with E-state index in [0.717, 1.165) is 18.5 Å². The molecule has 0 amide bonds. The van der Waals surface area contributed by atoms with Crippen LogP contribution >= 0.6 is 0 Å². The van der Waals surface area contributed by atoms with Crippen LogP contribution in [0.1, 0.15) is 22.7 Å². The normalized spacial score (nSPS) is 13.1. The molecule has 7 heteroatoms. The van der Waals surface area contributed by atoms with Crippen molar-refractivity contribution < 1.29 is 17.9 Å². The van der Waals surface area contributed by atoms with Gasteiger partial charge in [-0.25, -0.2) is 0 Å². The highest BCUT2D eigenvalue weighted by molar-refractivity contribution is 5.42. The molecule has 0 fully saturated rings. The van der Waals surface area contributed by atoms with E-state index in [1.165, 1.54) is 25.6 Å². The molecule has 2 heterocycles. The highest BCUT2D eigenvalue weighted by Crippen LogP contribution is 2.36. The second-order valence-corrected chi connectivity index (χ2v) is 4.06. The van der Waals surface area contributed by atoms with Crippen molar-refractivity contribution in [2.45, 2.75) is 12.2 Å². The zero-order valence-corrected chi connectivity index (χ0v) is 10.6. The molecule has 106 valence electrons. The molecule has 0 aliphatic rings. The Morgan fingerprint density at radius 1 is 1.10 bits per heavy atom. The summed E-state index contributed by atoms with van der Waals surface area (Å²) < 4.78 is 44.0. The topological polar surface area (TPSA) is 61.0 Å². The van der Waals surface area contributed by atoms with E-state index >= 15 is 0 Å². The lowest BCUT2D eigenvalue weighted by atomic mass is 9.97. The Labute approximate surface area is 113 Å². The molecule has 0 bridgehead atoms. The van der Waals surface area contributed by atoms with Gasteiger partial charge in [-0.2, -0.15) is 13.2 Å². The molecule has 2 rings (SSSR count). The molecule has 2 N–H and O–H groups in total. The van der Waals surface area contributed by atoms with Gasteiger partial charge >= 0.3 is 6.18 Å². The molecular formula is C13H12F3N3O. The smallest absolute Gasteiger partial charge is 0.416 e. The molecule has 0 spiro atoms. The SMILES string of the molecule is COc1cnccc1C(N)c1cnccc1C(F)(F)F. The van der Waals surface area contributed by atoms with Crippen LogP contribution in [0.4, 0.5) is 13.2 Å². The van der Waals surface area contributed by atoms with E-state index in [-0.39, 0.29) is 5.56 Å². The predicted molar refractivity (Wildman–Crippen MR) is 66.1 cm³/mol. The third-order valence-corrected chi connectivity index (χ3v) is 2.86. The lowest BCUT2D eigenvalue weighted by molar-refractivity contribution is -0.138. The third-order valence-electron chi connectivity index (χ3n) is 2.86. The Kier molecular flexibility index (Phi) is 3.89. The largest absolute Gasteiger partial charge is 0.495 e. The van der Waals surface area contributed by atoms with Gasteiger partial charge in [-0.05, 0) is 12.1 Å². The number of aromatic nitrogens is 2. The van der Waals surface area contributed by atoms with Crippen LogP contribution in [0.15, 0.2) is 36.9 Å². The number of hydrogen-bond acceptors (Lipinski definition) is 4. The first-order valence-corrected chi connectivity index (χ1v) is 5.69. The maximum absolute atomic E-state index is 13.0. The van der Waals surface area contributed by atoms with E-state index in [1.807, 2.05) is 0 Å². The molecule has 2 aromatic heterocycles. The van der Waals surface area contributed by atoms with Crippen molar-refractivity contribution in [1.82, 2.24) is 9.97 Å². The first-order chi connectivity index (χ1) is 9.45. The predicted octanol–water partition coefficient (Wildman–Crippen LogP) is 2.55. The molecule has 0 aromatic carbocycles. The van der Waals surface area contributed by atoms with Crippen LogP contribution in [0, 0.1) is 0 Å². The minimum atomic E-state index is -4.49. The number of rotatable bonds is 3. The van der Waals surface area contributed by atoms with Gasteiger partial charge in [0.25, 0.3) is 0 Å². The number of methoxy groups -OCH3 is 1. The van der Waals surface area contributed by atoms with Crippen LogP contribution in [0.5, 0.6) is 5.75 Å². The van der Waals surface area contributed by atoms with Crippen LogP contribution in [0.2, 0.25) is 0 Å². The minimum absolute atomic E-state index is 0.107. The molecule has 1 unspecified atom stereocenters. The van der Waals surface area contributed by atoms with E-state index < -0.39 is 17.8 Å². The van der Waals surface area contributed by atoms with Gasteiger partial charge in [0, 0.05) is 29.7 Å². The zero-order valence-electron chi connectivity index (χ0n) is 10.6. The lowest BCUT2D eigenvalue weighted by Gasteiger charge is -2.19. The number of ether oxygens (including phenoxy) is 1. The van der Waals surface area contributed by atoms with Crippen LogP contribution in [-0.2, 0) is 6.18 Å². The molecule has 0 aliphatic carbocycles. The first kappa shape index (κ1) is 14.3. The molecule has 1 atom stereocenters. The Morgan fingerprint density at radius 2 is 1.75 bits per heavy atom. The Balaban J connectivity index is 2.52. The van der Waals surface area contributed by atoms with Crippen molar-refractivity contribution >= 4 is 0 Å². The van der Waals surface area contributed by atoms with Crippen molar-refractivity contribution in [2.75, 3.05) is 7.11 Å². The van der Waals surface area contributed by atoms with E-state index in [0.29, 0.717) is 11.3 Å². The molecular weight excluding hydrogens is 271 g/mol. The Bertz CT molecular complexity index is 601. The second-order valence-electron chi connectivity index (χ2n) is 4.06. The lowest BCUT2D eigenvalue weighted by Crippen LogP contribution is -2.19. The third kappa shape index (κ3) is 2.72. The quantitative estimate of drug-likeness (QED) is 0.940. The minimum Gasteiger partial charge on any atom is -0.495 e. The fraction of sp³-hybridized carbons (Fsp3) is 0.231. The van der Waals surface area contributed by atoms with Gasteiger partial charge in [0.1, 0.15) is 5.75 Å². The van der Waals surface area contributed by atoms with Crippen molar-refractivity contribution in [3.63, 3.8) is 0 Å². The standard InChI is InChI=1S/C13H12F3N3O/c1-20-11-7-19-4-2-8(11)12(17)9-6-18-5-3-10(9)13(14,15)16/h2-7,12H,17H2,1H3. The van der Waals surface area contributed by atoms with Crippen LogP contribution < -0.4 is 10.5 Å². The second kappa shape index (κ2) is 5.46. The summed E-state index contributed by atoms with van der Waals surface area (Å²) in [5.74, 6) is 0.331. The van der Waals surface area contributed by atoms with Crippen LogP contribution in [-0.4, -0.2) is 17.1 Å². The van der Waals surface area contributed by atoms with Gasteiger partial charge in [0.2, 0.25) is 0 Å². The molecule has 4 nitrogen and oxygen atoms in total. The molecule has 2 aromatic rings. The van der Waals surface area contributed by atoms with Crippen LogP contribution in [0.3, 0.4) is 0 Å². The maximum Gasteiger partial charge on any atom is 0.416 e. The highest BCUT2D eigenvalue weighted by atomic mass is 19.4. The number of alkyl halides is 3. The monoisotopic (exact) mass is 283 g/mol. The highest BCUT2D eigenvalue weighted by Gasteiger charge is 2.35. The van der Waals surface area contributed by atoms with E-state index in [4.69, 9.17) is 10.5 Å². The van der Waals surface area contributed by atoms with Crippen LogP contribution in [0.25, 0.3) is 0 Å². The number of nitrogens with zero attached hydrogens (tertiary/aromatic N) is 2. The number of halogens is 3. The first-order valence-electron chi connectivity index (χ1n) is 5.69. The molecule has 0 radical (unpaired) electrons. The molecule has 0 aliphatic heterocycles. The zero-order chi connectivity index (χ0) is 14.8. The summed E-state index contributed by atoms with van der Waals surface area (Å²) in [5, 5.41) is 0. The summed E-state index contributed by atoms with van der Waals surface area (Å²) in [6.07, 6.45) is 0.562. The Morgan fingerprint density at radius 3 is 2.40 bits per heavy atom. The van der Waals surface area contributed by atoms with E-state index in [1.54, 1.807) is 0 Å². The van der Waals surface area contributed by atoms with Gasteiger partial charge in [-0.3, -0.25) is 9.97 Å². The number of pyridine rings is 2. The van der Waals surface area contributed by atoms with Gasteiger partial charge < -0.3 is 10.5 Å². The van der Waals surface area contributed by atoms with Crippen molar-refractivity contribution in [2.24, 2.45) is 5.73 Å². The Hall–Kier alpha value is -2.15. The molecule has 20 heavy (non-hydrogen) atoms. The van der Waals surface area contributed by atoms with E-state index in [2.05, 4.69) is 9.97 Å². The van der Waals surface area contributed by atoms with Crippen molar-refractivity contribution in [3.8, 4) is 5.75 Å². The van der Waals surface area contributed by atoms with Gasteiger partial charge in [-0.15, -0.1) is 0 Å². The van der Waals surface area contributed by atoms with Gasteiger partial charge in [0.05, 0.1) is 24.9 Å². The summed E-state index contributed by atoms with van der Waals surface area (Å²) in [6, 6.07) is 1.43. The summed E-state index contributed by atoms with van der Waals surface area (Å²) in [4.78, 5) is 7.57. The summed E-state index contributed by atoms with van der Waals surface area (Å²) >= 11 is 0. The summed E-state index contributed by atoms with van der Waals surface area (Å²) in [7, 11) is 1.40. The van der Waals surface area contributed by atoms with Crippen molar-refractivity contribution in [1.29, 1.82) is 0 Å². The molecule has 0 saturated heterocycles. The van der Waals surface area contributed by atoms with Gasteiger partial charge in [-0.1, -0.05) is 0 Å². The van der Waals surface area contributed by atoms with Crippen molar-refractivity contribution in [3.05, 3.63) is 53.6 Å². The number of hydrogen-bond donors (Lipinski definition) is 1. The average Bonchev–Trinajstić information content (AvgIpc) is 2.45. The summed E-state index contributed by atoms with van der Waals surface area (Å²) in [6.45, 7) is 0. The molecule has 0 saturated carbocycles. The average molecular weight is 283 g/mol. The number of nitrogens with two attached hydrogens (primary N) is 1.